The molecule has 3 aliphatic rings. The molecule has 0 N–H and O–H groups in total. The summed E-state index contributed by atoms with van der Waals surface area (Å²) in [5, 5.41) is 5.11. The Morgan fingerprint density at radius 3 is 2.53 bits per heavy atom. The molecule has 2 aromatic heterocycles. The van der Waals surface area contributed by atoms with Gasteiger partial charge in [0.25, 0.3) is 0 Å². The first-order valence-electron chi connectivity index (χ1n) is 17.4. The van der Waals surface area contributed by atoms with Crippen LogP contribution in [0.15, 0.2) is 42.5 Å². The number of benzene rings is 2. The average Bonchev–Trinajstić information content (AvgIpc) is 3.48. The number of fused-ring (bicyclic) bond motifs is 8. The van der Waals surface area contributed by atoms with E-state index in [1.165, 1.54) is 7.11 Å². The molecule has 10 heteroatoms. The summed E-state index contributed by atoms with van der Waals surface area (Å²) in [7, 11) is 1.37. The van der Waals surface area contributed by atoms with Crippen molar-refractivity contribution in [2.75, 3.05) is 31.7 Å². The molecule has 4 aromatic rings. The number of hydrogen-bond acceptors (Lipinski definition) is 8. The molecule has 3 aliphatic heterocycles. The highest BCUT2D eigenvalue weighted by molar-refractivity contribution is 5.81. The monoisotopic (exact) mass is 672 g/mol. The lowest BCUT2D eigenvalue weighted by Gasteiger charge is -2.41. The number of anilines is 1. The fraction of sp³-hybridized carbons (Fsp3) is 0.513. The Kier molecular flexibility index (Phi) is 9.74. The third-order valence-electron chi connectivity index (χ3n) is 9.60. The minimum Gasteiger partial charge on any atom is -0.490 e. The second-order valence-corrected chi connectivity index (χ2v) is 14.7. The van der Waals surface area contributed by atoms with Gasteiger partial charge in [0.15, 0.2) is 11.8 Å². The summed E-state index contributed by atoms with van der Waals surface area (Å²) in [5.74, 6) is 0.458. The molecule has 0 spiro atoms. The van der Waals surface area contributed by atoms with Crippen LogP contribution in [0.25, 0.3) is 28.0 Å². The number of rotatable bonds is 3. The lowest BCUT2D eigenvalue weighted by molar-refractivity contribution is -0.164. The Labute approximate surface area is 288 Å². The van der Waals surface area contributed by atoms with Crippen molar-refractivity contribution in [3.05, 3.63) is 65.1 Å². The van der Waals surface area contributed by atoms with Crippen LogP contribution in [0, 0.1) is 19.7 Å². The first-order chi connectivity index (χ1) is 23.3. The molecule has 9 nitrogen and oxygen atoms in total. The Morgan fingerprint density at radius 1 is 1.08 bits per heavy atom. The number of esters is 1. The highest BCUT2D eigenvalue weighted by Gasteiger charge is 2.38. The van der Waals surface area contributed by atoms with Crippen molar-refractivity contribution < 1.29 is 28.1 Å². The number of carbonyl (C=O) groups is 1. The zero-order valence-electron chi connectivity index (χ0n) is 30.1. The second kappa shape index (κ2) is 13.7. The van der Waals surface area contributed by atoms with Gasteiger partial charge in [-0.25, -0.2) is 14.2 Å². The molecule has 6 bridgehead atoms. The van der Waals surface area contributed by atoms with Crippen LogP contribution in [0.2, 0.25) is 0 Å². The van der Waals surface area contributed by atoms with Crippen molar-refractivity contribution in [3.63, 3.8) is 0 Å². The molecule has 49 heavy (non-hydrogen) atoms. The summed E-state index contributed by atoms with van der Waals surface area (Å²) < 4.78 is 42.3. The molecular weight excluding hydrogens is 623 g/mol. The molecule has 2 aromatic carbocycles. The lowest BCUT2D eigenvalue weighted by atomic mass is 9.92. The van der Waals surface area contributed by atoms with E-state index in [1.807, 2.05) is 75.5 Å². The normalized spacial score (nSPS) is 20.9. The van der Waals surface area contributed by atoms with Gasteiger partial charge in [-0.1, -0.05) is 24.3 Å². The van der Waals surface area contributed by atoms with E-state index in [1.54, 1.807) is 13.0 Å². The van der Waals surface area contributed by atoms with Gasteiger partial charge in [0.1, 0.15) is 17.4 Å². The zero-order valence-corrected chi connectivity index (χ0v) is 30.1. The van der Waals surface area contributed by atoms with Gasteiger partial charge in [-0.15, -0.1) is 0 Å². The number of piperidine rings is 1. The van der Waals surface area contributed by atoms with Gasteiger partial charge in [0.05, 0.1) is 41.2 Å². The van der Waals surface area contributed by atoms with E-state index in [-0.39, 0.29) is 17.5 Å². The fourth-order valence-corrected chi connectivity index (χ4v) is 6.88. The lowest BCUT2D eigenvalue weighted by Crippen LogP contribution is -2.46. The smallest absolute Gasteiger partial charge is 0.339 e. The zero-order chi connectivity index (χ0) is 35.1. The first kappa shape index (κ1) is 34.8. The summed E-state index contributed by atoms with van der Waals surface area (Å²) in [5.41, 5.74) is 4.14. The Bertz CT molecular complexity index is 1840. The average molecular weight is 673 g/mol. The third kappa shape index (κ3) is 7.31. The molecule has 7 rings (SSSR count). The van der Waals surface area contributed by atoms with Crippen LogP contribution in [-0.2, 0) is 19.0 Å². The van der Waals surface area contributed by atoms with E-state index < -0.39 is 17.7 Å². The minimum absolute atomic E-state index is 0.0927. The standard InChI is InChI=1S/C39H49FN4O5/c1-24-15-16-30-33(34(24)40)28-14-11-13-27(22-28)29-23-31-41-26(3)32(35(37(45)46-8)49-38(4,5)6)36(44(31)42-29)43-19-17-39(7,18-20-43)47-21-10-9-12-25(2)48-30/h11,13-16,22-23,25,35H,9-10,12,17-21H2,1-8H3/t25-,35-/m0/s1. The predicted molar refractivity (Wildman–Crippen MR) is 189 cm³/mol. The van der Waals surface area contributed by atoms with Gasteiger partial charge in [-0.2, -0.15) is 9.61 Å². The van der Waals surface area contributed by atoms with E-state index in [2.05, 4.69) is 11.8 Å². The predicted octanol–water partition coefficient (Wildman–Crippen LogP) is 8.18. The van der Waals surface area contributed by atoms with Crippen LogP contribution >= 0.6 is 0 Å². The number of aromatic nitrogens is 3. The number of methoxy groups -OCH3 is 1. The van der Waals surface area contributed by atoms with Crippen molar-refractivity contribution in [1.82, 2.24) is 14.6 Å². The summed E-state index contributed by atoms with van der Waals surface area (Å²) in [4.78, 5) is 20.6. The minimum atomic E-state index is -1.02. The van der Waals surface area contributed by atoms with E-state index in [4.69, 9.17) is 29.0 Å². The Morgan fingerprint density at radius 2 is 1.82 bits per heavy atom. The fourth-order valence-electron chi connectivity index (χ4n) is 6.88. The van der Waals surface area contributed by atoms with Crippen LogP contribution in [0.5, 0.6) is 5.75 Å². The van der Waals surface area contributed by atoms with Gasteiger partial charge in [-0.3, -0.25) is 0 Å². The molecule has 2 atom stereocenters. The van der Waals surface area contributed by atoms with E-state index in [0.717, 1.165) is 43.5 Å². The van der Waals surface area contributed by atoms with Crippen LogP contribution in [-0.4, -0.2) is 64.7 Å². The van der Waals surface area contributed by atoms with Crippen molar-refractivity contribution in [3.8, 4) is 28.1 Å². The number of ether oxygens (including phenoxy) is 4. The van der Waals surface area contributed by atoms with Crippen LogP contribution in [0.3, 0.4) is 0 Å². The van der Waals surface area contributed by atoms with Gasteiger partial charge in [0, 0.05) is 37.0 Å². The molecule has 1 fully saturated rings. The summed E-state index contributed by atoms with van der Waals surface area (Å²) >= 11 is 0. The maximum Gasteiger partial charge on any atom is 0.339 e. The second-order valence-electron chi connectivity index (χ2n) is 14.7. The van der Waals surface area contributed by atoms with E-state index >= 15 is 4.39 Å². The Hall–Kier alpha value is -4.02. The highest BCUT2D eigenvalue weighted by atomic mass is 19.1. The van der Waals surface area contributed by atoms with Crippen molar-refractivity contribution in [2.24, 2.45) is 0 Å². The number of hydrogen-bond donors (Lipinski definition) is 0. The summed E-state index contributed by atoms with van der Waals surface area (Å²) in [6.07, 6.45) is 3.16. The number of nitrogens with zero attached hydrogens (tertiary/aromatic N) is 4. The van der Waals surface area contributed by atoms with Crippen molar-refractivity contribution in [2.45, 2.75) is 104 Å². The molecule has 0 unspecified atom stereocenters. The van der Waals surface area contributed by atoms with Gasteiger partial charge < -0.3 is 23.8 Å². The first-order valence-corrected chi connectivity index (χ1v) is 17.4. The molecule has 0 radical (unpaired) electrons. The maximum atomic E-state index is 15.9. The molecular formula is C39H49FN4O5. The van der Waals surface area contributed by atoms with Crippen molar-refractivity contribution in [1.29, 1.82) is 0 Å². The van der Waals surface area contributed by atoms with E-state index in [9.17, 15) is 4.79 Å². The maximum absolute atomic E-state index is 15.9. The summed E-state index contributed by atoms with van der Waals surface area (Å²) in [6.45, 7) is 15.7. The topological polar surface area (TPSA) is 87.4 Å². The summed E-state index contributed by atoms with van der Waals surface area (Å²) in [6, 6.07) is 13.3. The number of carbonyl (C=O) groups excluding carboxylic acids is 1. The van der Waals surface area contributed by atoms with Gasteiger partial charge in [0.2, 0.25) is 0 Å². The van der Waals surface area contributed by atoms with Gasteiger partial charge in [-0.05, 0) is 104 Å². The van der Waals surface area contributed by atoms with E-state index in [0.29, 0.717) is 64.7 Å². The number of aryl methyl sites for hydroxylation is 2. The van der Waals surface area contributed by atoms with Crippen LogP contribution in [0.4, 0.5) is 10.2 Å². The molecule has 262 valence electrons. The molecule has 5 heterocycles. The molecule has 0 saturated carbocycles. The van der Waals surface area contributed by atoms with Crippen molar-refractivity contribution >= 4 is 17.4 Å². The highest BCUT2D eigenvalue weighted by Crippen LogP contribution is 2.40. The third-order valence-corrected chi connectivity index (χ3v) is 9.60. The quantitative estimate of drug-likeness (QED) is 0.202. The van der Waals surface area contributed by atoms with Crippen LogP contribution in [0.1, 0.15) is 89.6 Å². The Balaban J connectivity index is 1.56. The molecule has 1 saturated heterocycles. The van der Waals surface area contributed by atoms with Crippen LogP contribution < -0.4 is 9.64 Å². The number of halogens is 1. The molecule has 0 aliphatic carbocycles. The SMILES string of the molecule is COC(=O)[C@@H](OC(C)(C)C)c1c(C)nc2cc3nn2c1N1CCC(C)(CC1)OCCCC[C@H](C)Oc1ccc(C)c(F)c1-c1cccc-3c1. The molecule has 0 amide bonds. The van der Waals surface area contributed by atoms with Gasteiger partial charge >= 0.3 is 5.97 Å². The largest absolute Gasteiger partial charge is 0.490 e.